The highest BCUT2D eigenvalue weighted by atomic mass is 15.0. The van der Waals surface area contributed by atoms with Crippen molar-refractivity contribution in [1.82, 2.24) is 15.0 Å². The van der Waals surface area contributed by atoms with Gasteiger partial charge in [-0.3, -0.25) is 4.99 Å². The second-order valence-corrected chi connectivity index (χ2v) is 9.68. The Morgan fingerprint density at radius 3 is 2.33 bits per heavy atom. The molecule has 0 amide bonds. The zero-order valence-corrected chi connectivity index (χ0v) is 25.7. The maximum absolute atomic E-state index is 4.90. The molecule has 3 rings (SSSR count). The largest absolute Gasteiger partial charge is 0.266 e. The Labute approximate surface area is 257 Å². The Morgan fingerprint density at radius 1 is 0.860 bits per heavy atom. The average molecular weight is 567 g/mol. The van der Waals surface area contributed by atoms with Gasteiger partial charge in [0, 0.05) is 29.5 Å². The third kappa shape index (κ3) is 9.82. The summed E-state index contributed by atoms with van der Waals surface area (Å²) in [4.78, 5) is 19.0. The molecular formula is C39H42N4. The van der Waals surface area contributed by atoms with Gasteiger partial charge in [0.25, 0.3) is 0 Å². The number of nitrogens with zero attached hydrogens (tertiary/aromatic N) is 4. The lowest BCUT2D eigenvalue weighted by atomic mass is 9.95. The molecule has 43 heavy (non-hydrogen) atoms. The van der Waals surface area contributed by atoms with E-state index in [2.05, 4.69) is 111 Å². The van der Waals surface area contributed by atoms with Crippen LogP contribution >= 0.6 is 0 Å². The monoisotopic (exact) mass is 566 g/mol. The van der Waals surface area contributed by atoms with Crippen molar-refractivity contribution in [1.29, 1.82) is 0 Å². The molecule has 0 N–H and O–H groups in total. The summed E-state index contributed by atoms with van der Waals surface area (Å²) in [5.41, 5.74) is 7.12. The van der Waals surface area contributed by atoms with Crippen LogP contribution in [0.5, 0.6) is 0 Å². The smallest absolute Gasteiger partial charge is 0.164 e. The van der Waals surface area contributed by atoms with E-state index in [1.807, 2.05) is 37.4 Å². The summed E-state index contributed by atoms with van der Waals surface area (Å²) in [6.45, 7) is 17.8. The summed E-state index contributed by atoms with van der Waals surface area (Å²) in [7, 11) is 0. The van der Waals surface area contributed by atoms with E-state index in [1.54, 1.807) is 12.2 Å². The topological polar surface area (TPSA) is 51.0 Å². The summed E-state index contributed by atoms with van der Waals surface area (Å²) in [6.07, 6.45) is 25.1. The molecule has 2 aromatic carbocycles. The van der Waals surface area contributed by atoms with Crippen LogP contribution in [0.25, 0.3) is 39.7 Å². The first-order valence-corrected chi connectivity index (χ1v) is 14.8. The van der Waals surface area contributed by atoms with Gasteiger partial charge in [0.1, 0.15) is 0 Å². The van der Waals surface area contributed by atoms with Crippen molar-refractivity contribution < 1.29 is 0 Å². The molecule has 1 aromatic heterocycles. The number of hydrogen-bond acceptors (Lipinski definition) is 4. The van der Waals surface area contributed by atoms with Crippen LogP contribution in [0.15, 0.2) is 134 Å². The highest BCUT2D eigenvalue weighted by Crippen LogP contribution is 2.31. The van der Waals surface area contributed by atoms with Crippen LogP contribution in [-0.2, 0) is 0 Å². The molecule has 0 unspecified atom stereocenters. The summed E-state index contributed by atoms with van der Waals surface area (Å²) in [5.74, 6) is 1.73. The van der Waals surface area contributed by atoms with Gasteiger partial charge in [-0.15, -0.1) is 6.58 Å². The first-order chi connectivity index (χ1) is 21.1. The molecule has 0 atom stereocenters. The Kier molecular flexibility index (Phi) is 13.4. The van der Waals surface area contributed by atoms with Gasteiger partial charge in [-0.25, -0.2) is 15.0 Å². The molecule has 1 heterocycles. The van der Waals surface area contributed by atoms with Gasteiger partial charge in [-0.1, -0.05) is 105 Å². The minimum atomic E-state index is 0.549. The first kappa shape index (κ1) is 32.6. The average Bonchev–Trinajstić information content (AvgIpc) is 3.04. The molecule has 0 bridgehead atoms. The normalized spacial score (nSPS) is 12.9. The van der Waals surface area contributed by atoms with Crippen LogP contribution in [0, 0.1) is 0 Å². The van der Waals surface area contributed by atoms with Gasteiger partial charge in [0.15, 0.2) is 17.5 Å². The second-order valence-electron chi connectivity index (χ2n) is 9.68. The van der Waals surface area contributed by atoms with E-state index in [-0.39, 0.29) is 0 Å². The Balaban J connectivity index is 2.19. The summed E-state index contributed by atoms with van der Waals surface area (Å²) in [5, 5.41) is 0. The van der Waals surface area contributed by atoms with Crippen molar-refractivity contribution in [3.05, 3.63) is 146 Å². The van der Waals surface area contributed by atoms with Gasteiger partial charge in [0.05, 0.1) is 0 Å². The van der Waals surface area contributed by atoms with Gasteiger partial charge >= 0.3 is 0 Å². The van der Waals surface area contributed by atoms with Gasteiger partial charge in [-0.2, -0.15) is 0 Å². The molecule has 0 saturated heterocycles. The quantitative estimate of drug-likeness (QED) is 0.0795. The van der Waals surface area contributed by atoms with Crippen LogP contribution in [0.3, 0.4) is 0 Å². The standard InChI is InChI=1S/C39H42N4/c1-7-13-14-18-26-37-41-38(31(11-5)20-8-2)43-39(42-37)35-28-33(27-34(29-35)32-22-16-15-17-23-32)30(10-4)24-19-25-36(21-9-3)40-12-6/h7-8,10-12,15-24,26-29H,1-2,5,9,13-14,25H2,3-4,6H3/b24-19-,26-18+,30-10+,31-20+,36-21-,40-12?. The second kappa shape index (κ2) is 17.8. The lowest BCUT2D eigenvalue weighted by Crippen LogP contribution is -2.02. The molecule has 0 saturated carbocycles. The number of unbranched alkanes of at least 4 members (excludes halogenated alkanes) is 1. The number of benzene rings is 2. The van der Waals surface area contributed by atoms with E-state index in [0.717, 1.165) is 64.8 Å². The summed E-state index contributed by atoms with van der Waals surface area (Å²) < 4.78 is 0. The highest BCUT2D eigenvalue weighted by molar-refractivity contribution is 5.82. The Morgan fingerprint density at radius 2 is 1.65 bits per heavy atom. The molecule has 0 aliphatic carbocycles. The van der Waals surface area contributed by atoms with Crippen molar-refractivity contribution >= 4 is 23.4 Å². The van der Waals surface area contributed by atoms with E-state index in [1.165, 1.54) is 0 Å². The van der Waals surface area contributed by atoms with Crippen LogP contribution in [0.2, 0.25) is 0 Å². The van der Waals surface area contributed by atoms with Gasteiger partial charge in [0.2, 0.25) is 0 Å². The third-order valence-electron chi connectivity index (χ3n) is 6.53. The minimum Gasteiger partial charge on any atom is -0.266 e. The number of rotatable bonds is 15. The summed E-state index contributed by atoms with van der Waals surface area (Å²) >= 11 is 0. The van der Waals surface area contributed by atoms with Crippen molar-refractivity contribution in [2.75, 3.05) is 0 Å². The molecule has 0 aliphatic heterocycles. The minimum absolute atomic E-state index is 0.549. The van der Waals surface area contributed by atoms with Crippen LogP contribution in [0.1, 0.15) is 63.7 Å². The molecule has 0 fully saturated rings. The van der Waals surface area contributed by atoms with Crippen molar-refractivity contribution in [2.45, 2.75) is 46.5 Å². The van der Waals surface area contributed by atoms with Crippen LogP contribution in [0.4, 0.5) is 0 Å². The fourth-order valence-corrected chi connectivity index (χ4v) is 4.47. The number of aromatic nitrogens is 3. The number of hydrogen-bond donors (Lipinski definition) is 0. The Hall–Kier alpha value is -4.96. The molecule has 4 nitrogen and oxygen atoms in total. The molecule has 0 radical (unpaired) electrons. The Bertz CT molecular complexity index is 1580. The maximum Gasteiger partial charge on any atom is 0.164 e. The molecule has 4 heteroatoms. The molecule has 0 spiro atoms. The maximum atomic E-state index is 4.90. The fraction of sp³-hybridized carbons (Fsp3) is 0.179. The van der Waals surface area contributed by atoms with Gasteiger partial charge < -0.3 is 0 Å². The van der Waals surface area contributed by atoms with E-state index < -0.39 is 0 Å². The number of allylic oxidation sites excluding steroid dienone is 11. The SMILES string of the molecule is C=C/C=C(\C=C)c1nc(/C=C/CCC=C)nc(-c2cc(C(/C=C\C/C(=C/CC)N=CC)=C/C)cc(-c3ccccc3)c2)n1. The zero-order chi connectivity index (χ0) is 30.9. The predicted octanol–water partition coefficient (Wildman–Crippen LogP) is 10.7. The predicted molar refractivity (Wildman–Crippen MR) is 187 cm³/mol. The van der Waals surface area contributed by atoms with E-state index in [0.29, 0.717) is 17.5 Å². The zero-order valence-electron chi connectivity index (χ0n) is 25.7. The van der Waals surface area contributed by atoms with Crippen LogP contribution < -0.4 is 0 Å². The summed E-state index contributed by atoms with van der Waals surface area (Å²) in [6, 6.07) is 16.9. The van der Waals surface area contributed by atoms with Crippen molar-refractivity contribution in [3.63, 3.8) is 0 Å². The molecule has 218 valence electrons. The first-order valence-electron chi connectivity index (χ1n) is 14.8. The molecule has 0 aliphatic rings. The van der Waals surface area contributed by atoms with E-state index in [4.69, 9.17) is 15.0 Å². The number of aliphatic imine (C=N–C) groups is 1. The van der Waals surface area contributed by atoms with E-state index >= 15 is 0 Å². The van der Waals surface area contributed by atoms with Crippen LogP contribution in [-0.4, -0.2) is 21.2 Å². The van der Waals surface area contributed by atoms with Crippen molar-refractivity contribution in [2.24, 2.45) is 4.99 Å². The third-order valence-corrected chi connectivity index (χ3v) is 6.53. The van der Waals surface area contributed by atoms with Crippen molar-refractivity contribution in [3.8, 4) is 22.5 Å². The van der Waals surface area contributed by atoms with E-state index in [9.17, 15) is 0 Å². The lowest BCUT2D eigenvalue weighted by Gasteiger charge is -2.12. The molecular weight excluding hydrogens is 524 g/mol. The lowest BCUT2D eigenvalue weighted by molar-refractivity contribution is 1.00. The molecule has 3 aromatic rings. The highest BCUT2D eigenvalue weighted by Gasteiger charge is 2.13. The fourth-order valence-electron chi connectivity index (χ4n) is 4.47. The van der Waals surface area contributed by atoms with Gasteiger partial charge in [-0.05, 0) is 79.6 Å².